The second-order valence-electron chi connectivity index (χ2n) is 4.83. The van der Waals surface area contributed by atoms with E-state index >= 15 is 0 Å². The molecule has 0 aromatic rings. The molecule has 0 saturated carbocycles. The third-order valence-corrected chi connectivity index (χ3v) is 3.64. The van der Waals surface area contributed by atoms with E-state index in [4.69, 9.17) is 19.4 Å². The maximum atomic E-state index is 13.0. The van der Waals surface area contributed by atoms with Crippen molar-refractivity contribution in [3.8, 4) is 0 Å². The molecule has 0 aliphatic carbocycles. The quantitative estimate of drug-likeness (QED) is 0.382. The summed E-state index contributed by atoms with van der Waals surface area (Å²) in [6.07, 6.45) is 0.503. The van der Waals surface area contributed by atoms with Gasteiger partial charge in [0, 0.05) is 0 Å². The Morgan fingerprint density at radius 2 is 1.75 bits per heavy atom. The van der Waals surface area contributed by atoms with Gasteiger partial charge < -0.3 is 5.21 Å². The molecular weight excluding hydrogens is 276 g/mol. The fourth-order valence-corrected chi connectivity index (χ4v) is 2.61. The number of hydroxylamine groups is 7. The topological polar surface area (TPSA) is 110 Å². The summed E-state index contributed by atoms with van der Waals surface area (Å²) in [5, 5.41) is 26.4. The Labute approximate surface area is 114 Å². The molecule has 0 aromatic carbocycles. The maximum absolute atomic E-state index is 13.0. The highest BCUT2D eigenvalue weighted by Gasteiger charge is 2.90. The Kier molecular flexibility index (Phi) is 3.01. The van der Waals surface area contributed by atoms with Crippen LogP contribution in [-0.2, 0) is 19.4 Å². The van der Waals surface area contributed by atoms with Crippen LogP contribution in [0.4, 0.5) is 0 Å². The minimum Gasteiger partial charge on any atom is -0.628 e. The Hall–Kier alpha value is -0.920. The minimum absolute atomic E-state index is 0.0178. The van der Waals surface area contributed by atoms with Gasteiger partial charge in [0.2, 0.25) is 0 Å². The molecule has 0 spiro atoms. The van der Waals surface area contributed by atoms with Crippen molar-refractivity contribution in [2.45, 2.75) is 32.1 Å². The summed E-state index contributed by atoms with van der Waals surface area (Å²) in [7, 11) is 0. The minimum atomic E-state index is -2.48. The average molecular weight is 292 g/mol. The standard InChI is InChI=1S/C9H16N4O7/c1-3-7-13(16,4-2)9-8(12(14)15)17-10(18-8)5-6-11(19-9)20-9/h3-7H2,1-2H3. The third-order valence-electron chi connectivity index (χ3n) is 3.64. The summed E-state index contributed by atoms with van der Waals surface area (Å²) >= 11 is 0. The zero-order valence-electron chi connectivity index (χ0n) is 11.2. The highest BCUT2D eigenvalue weighted by molar-refractivity contribution is 4.81. The molecule has 11 heteroatoms. The van der Waals surface area contributed by atoms with E-state index in [1.54, 1.807) is 13.8 Å². The van der Waals surface area contributed by atoms with Crippen molar-refractivity contribution < 1.29 is 28.9 Å². The Morgan fingerprint density at radius 1 is 1.20 bits per heavy atom. The number of likely N-dealkylation sites (N-methyl/N-ethyl adjacent to an activating group) is 1. The van der Waals surface area contributed by atoms with Crippen molar-refractivity contribution >= 4 is 0 Å². The van der Waals surface area contributed by atoms with Crippen molar-refractivity contribution in [3.05, 3.63) is 15.3 Å². The Bertz CT molecular complexity index is 423. The summed E-state index contributed by atoms with van der Waals surface area (Å²) in [4.78, 5) is 31.4. The number of quaternary nitrogens is 1. The van der Waals surface area contributed by atoms with Crippen LogP contribution in [0.25, 0.3) is 0 Å². The number of hydrogen-bond acceptors (Lipinski definition) is 9. The van der Waals surface area contributed by atoms with E-state index in [9.17, 15) is 15.3 Å². The Balaban J connectivity index is 2.02. The molecule has 1 unspecified atom stereocenters. The molecule has 6 fully saturated rings. The smallest absolute Gasteiger partial charge is 0.594 e. The van der Waals surface area contributed by atoms with Crippen molar-refractivity contribution in [3.63, 3.8) is 0 Å². The lowest BCUT2D eigenvalue weighted by Gasteiger charge is -2.63. The van der Waals surface area contributed by atoms with Gasteiger partial charge in [-0.3, -0.25) is 14.8 Å². The molecule has 4 bridgehead atoms. The molecule has 0 amide bonds. The van der Waals surface area contributed by atoms with Crippen molar-refractivity contribution in [2.24, 2.45) is 0 Å². The zero-order valence-corrected chi connectivity index (χ0v) is 11.2. The molecule has 114 valence electrons. The number of rotatable bonds is 5. The van der Waals surface area contributed by atoms with Crippen LogP contribution in [-0.4, -0.2) is 58.0 Å². The van der Waals surface area contributed by atoms with Crippen LogP contribution >= 0.6 is 0 Å². The SMILES string of the molecule is CCC[N+]([O-])(CC)C12ON(CCN3OC1([N+](=O)[O-])O3)O2. The van der Waals surface area contributed by atoms with Gasteiger partial charge >= 0.3 is 11.8 Å². The Morgan fingerprint density at radius 3 is 2.20 bits per heavy atom. The van der Waals surface area contributed by atoms with Gasteiger partial charge in [-0.2, -0.15) is 19.4 Å². The summed E-state index contributed by atoms with van der Waals surface area (Å²) in [6.45, 7) is 3.94. The van der Waals surface area contributed by atoms with E-state index in [0.717, 1.165) is 10.5 Å². The monoisotopic (exact) mass is 292 g/mol. The highest BCUT2D eigenvalue weighted by atomic mass is 17.2. The zero-order chi connectivity index (χ0) is 14.6. The molecule has 0 N–H and O–H groups in total. The van der Waals surface area contributed by atoms with E-state index in [1.165, 1.54) is 0 Å². The van der Waals surface area contributed by atoms with Gasteiger partial charge in [-0.15, -0.1) is 0 Å². The molecule has 1 atom stereocenters. The van der Waals surface area contributed by atoms with Gasteiger partial charge in [0.15, 0.2) is 0 Å². The first kappa shape index (κ1) is 14.0. The van der Waals surface area contributed by atoms with Crippen LogP contribution in [0.5, 0.6) is 0 Å². The van der Waals surface area contributed by atoms with Crippen LogP contribution in [0, 0.1) is 15.3 Å². The normalized spacial score (nSPS) is 45.4. The van der Waals surface area contributed by atoms with Crippen LogP contribution in [0.2, 0.25) is 0 Å². The lowest BCUT2D eigenvalue weighted by molar-refractivity contribution is -1.10. The molecule has 6 heterocycles. The largest absolute Gasteiger partial charge is 0.628 e. The molecule has 20 heavy (non-hydrogen) atoms. The lowest BCUT2D eigenvalue weighted by atomic mass is 10.2. The lowest BCUT2D eigenvalue weighted by Crippen LogP contribution is -2.90. The van der Waals surface area contributed by atoms with Gasteiger partial charge in [-0.25, -0.2) is 0 Å². The fourth-order valence-electron chi connectivity index (χ4n) is 2.61. The summed E-state index contributed by atoms with van der Waals surface area (Å²) in [5.74, 6) is -4.66. The maximum Gasteiger partial charge on any atom is 0.594 e. The molecule has 6 rings (SSSR count). The number of hydrogen-bond donors (Lipinski definition) is 0. The average Bonchev–Trinajstić information content (AvgIpc) is 2.23. The van der Waals surface area contributed by atoms with Gasteiger partial charge in [-0.05, 0) is 23.8 Å². The summed E-state index contributed by atoms with van der Waals surface area (Å²) < 4.78 is -1.09. The van der Waals surface area contributed by atoms with Crippen molar-refractivity contribution in [1.29, 1.82) is 0 Å². The second kappa shape index (κ2) is 4.29. The first-order valence-electron chi connectivity index (χ1n) is 6.47. The van der Waals surface area contributed by atoms with Crippen LogP contribution < -0.4 is 0 Å². The summed E-state index contributed by atoms with van der Waals surface area (Å²) in [5.41, 5.74) is 0. The first-order chi connectivity index (χ1) is 9.43. The molecule has 0 aromatic heterocycles. The molecule has 6 aliphatic heterocycles. The molecular formula is C9H16N4O7. The van der Waals surface area contributed by atoms with E-state index in [2.05, 4.69) is 0 Å². The second-order valence-corrected chi connectivity index (χ2v) is 4.83. The van der Waals surface area contributed by atoms with Crippen molar-refractivity contribution in [2.75, 3.05) is 26.2 Å². The van der Waals surface area contributed by atoms with Gasteiger partial charge in [0.1, 0.15) is 4.92 Å². The van der Waals surface area contributed by atoms with Gasteiger partial charge in [0.05, 0.1) is 26.2 Å². The summed E-state index contributed by atoms with van der Waals surface area (Å²) in [6, 6.07) is 0. The van der Waals surface area contributed by atoms with E-state index < -0.39 is 21.4 Å². The van der Waals surface area contributed by atoms with Crippen LogP contribution in [0.3, 0.4) is 0 Å². The number of nitrogens with zero attached hydrogens (tertiary/aromatic N) is 4. The first-order valence-corrected chi connectivity index (χ1v) is 6.47. The van der Waals surface area contributed by atoms with E-state index in [1.807, 2.05) is 0 Å². The third kappa shape index (κ3) is 1.46. The molecule has 6 aliphatic rings. The predicted octanol–water partition coefficient (Wildman–Crippen LogP) is -0.314. The van der Waals surface area contributed by atoms with Crippen LogP contribution in [0.15, 0.2) is 0 Å². The van der Waals surface area contributed by atoms with E-state index in [0.29, 0.717) is 6.42 Å². The van der Waals surface area contributed by atoms with Crippen LogP contribution in [0.1, 0.15) is 20.3 Å². The predicted molar refractivity (Wildman–Crippen MR) is 59.5 cm³/mol. The molecule has 0 radical (unpaired) electrons. The van der Waals surface area contributed by atoms with Gasteiger partial charge in [0.25, 0.3) is 0 Å². The fraction of sp³-hybridized carbons (Fsp3) is 1.00. The van der Waals surface area contributed by atoms with Gasteiger partial charge in [-0.1, -0.05) is 6.92 Å². The molecule has 11 nitrogen and oxygen atoms in total. The highest BCUT2D eigenvalue weighted by Crippen LogP contribution is 2.53. The molecule has 6 saturated heterocycles. The number of nitro groups is 1. The van der Waals surface area contributed by atoms with Crippen molar-refractivity contribution in [1.82, 2.24) is 10.5 Å². The van der Waals surface area contributed by atoms with E-state index in [-0.39, 0.29) is 26.2 Å².